The van der Waals surface area contributed by atoms with Crippen LogP contribution >= 0.6 is 15.9 Å². The van der Waals surface area contributed by atoms with E-state index in [4.69, 9.17) is 15.2 Å². The Morgan fingerprint density at radius 1 is 1.52 bits per heavy atom. The number of rotatable bonds is 4. The average Bonchev–Trinajstić information content (AvgIpc) is 2.49. The molecule has 2 N–H and O–H groups in total. The number of nitrogens with zero attached hydrogens (tertiary/aromatic N) is 1. The molecule has 118 valence electrons. The first-order chi connectivity index (χ1) is 9.91. The summed E-state index contributed by atoms with van der Waals surface area (Å²) in [6.07, 6.45) is 0.688. The smallest absolute Gasteiger partial charge is 0.247 e. The third-order valence-corrected chi connectivity index (χ3v) is 6.17. The first kappa shape index (κ1) is 16.5. The third kappa shape index (κ3) is 3.18. The molecule has 1 aromatic carbocycles. The van der Waals surface area contributed by atoms with Gasteiger partial charge in [-0.2, -0.15) is 4.31 Å². The largest absolute Gasteiger partial charge is 0.495 e. The van der Waals surface area contributed by atoms with Gasteiger partial charge in [-0.05, 0) is 34.5 Å². The number of hydrogen-bond donors (Lipinski definition) is 1. The zero-order valence-corrected chi connectivity index (χ0v) is 14.4. The second-order valence-electron chi connectivity index (χ2n) is 4.78. The van der Waals surface area contributed by atoms with Crippen LogP contribution in [-0.4, -0.2) is 45.6 Å². The Morgan fingerprint density at radius 3 is 2.86 bits per heavy atom. The number of methoxy groups -OCH3 is 1. The van der Waals surface area contributed by atoms with Crippen LogP contribution in [0, 0.1) is 0 Å². The van der Waals surface area contributed by atoms with E-state index < -0.39 is 10.0 Å². The van der Waals surface area contributed by atoms with Gasteiger partial charge >= 0.3 is 0 Å². The van der Waals surface area contributed by atoms with Gasteiger partial charge in [0.05, 0.1) is 20.3 Å². The van der Waals surface area contributed by atoms with Crippen LogP contribution in [0.25, 0.3) is 0 Å². The lowest BCUT2D eigenvalue weighted by molar-refractivity contribution is 0.0313. The van der Waals surface area contributed by atoms with Crippen molar-refractivity contribution in [1.29, 1.82) is 0 Å². The zero-order chi connectivity index (χ0) is 15.6. The maximum absolute atomic E-state index is 12.9. The van der Waals surface area contributed by atoms with Crippen LogP contribution in [0.15, 0.2) is 21.5 Å². The minimum Gasteiger partial charge on any atom is -0.495 e. The van der Waals surface area contributed by atoms with Gasteiger partial charge in [0.2, 0.25) is 10.0 Å². The average molecular weight is 379 g/mol. The Bertz CT molecular complexity index is 621. The normalized spacial score (nSPS) is 20.4. The van der Waals surface area contributed by atoms with Crippen molar-refractivity contribution in [2.75, 3.05) is 32.6 Å². The van der Waals surface area contributed by atoms with Crippen LogP contribution in [-0.2, 0) is 14.8 Å². The van der Waals surface area contributed by atoms with Crippen LogP contribution in [0.1, 0.15) is 13.3 Å². The molecule has 1 saturated heterocycles. The summed E-state index contributed by atoms with van der Waals surface area (Å²) in [4.78, 5) is 0.0889. The number of hydrogen-bond acceptors (Lipinski definition) is 5. The molecule has 0 spiro atoms. The molecule has 1 heterocycles. The lowest BCUT2D eigenvalue weighted by Gasteiger charge is -2.34. The molecule has 0 bridgehead atoms. The first-order valence-electron chi connectivity index (χ1n) is 6.64. The minimum atomic E-state index is -3.68. The molecule has 1 atom stereocenters. The van der Waals surface area contributed by atoms with E-state index in [1.54, 1.807) is 6.07 Å². The fourth-order valence-corrected chi connectivity index (χ4v) is 4.48. The lowest BCUT2D eigenvalue weighted by Crippen LogP contribution is -2.48. The molecule has 21 heavy (non-hydrogen) atoms. The topological polar surface area (TPSA) is 81.9 Å². The van der Waals surface area contributed by atoms with Gasteiger partial charge in [-0.3, -0.25) is 0 Å². The number of nitrogens with two attached hydrogens (primary N) is 1. The van der Waals surface area contributed by atoms with E-state index in [1.165, 1.54) is 17.5 Å². The Kier molecular flexibility index (Phi) is 5.13. The number of sulfonamides is 1. The van der Waals surface area contributed by atoms with Crippen molar-refractivity contribution >= 4 is 31.6 Å². The molecule has 0 amide bonds. The van der Waals surface area contributed by atoms with Gasteiger partial charge in [-0.1, -0.05) is 6.92 Å². The summed E-state index contributed by atoms with van der Waals surface area (Å²) in [7, 11) is -2.24. The summed E-state index contributed by atoms with van der Waals surface area (Å²) in [5.74, 6) is 0.275. The molecule has 1 unspecified atom stereocenters. The predicted molar refractivity (Wildman–Crippen MR) is 83.9 cm³/mol. The number of nitrogen functional groups attached to an aromatic ring is 1. The van der Waals surface area contributed by atoms with Gasteiger partial charge in [0.1, 0.15) is 10.6 Å². The zero-order valence-electron chi connectivity index (χ0n) is 12.0. The number of morpholine rings is 1. The summed E-state index contributed by atoms with van der Waals surface area (Å²) in [6.45, 7) is 3.07. The molecule has 0 aromatic heterocycles. The predicted octanol–water partition coefficient (Wildman–Crippen LogP) is 1.84. The van der Waals surface area contributed by atoms with Crippen LogP contribution < -0.4 is 10.5 Å². The Hall–Kier alpha value is -0.830. The maximum Gasteiger partial charge on any atom is 0.247 e. The van der Waals surface area contributed by atoms with E-state index in [1.807, 2.05) is 6.92 Å². The maximum atomic E-state index is 12.9. The molecule has 0 saturated carbocycles. The van der Waals surface area contributed by atoms with Crippen molar-refractivity contribution in [2.24, 2.45) is 0 Å². The van der Waals surface area contributed by atoms with Gasteiger partial charge in [0.15, 0.2) is 0 Å². The molecule has 8 heteroatoms. The monoisotopic (exact) mass is 378 g/mol. The van der Waals surface area contributed by atoms with Crippen molar-refractivity contribution in [3.05, 3.63) is 16.6 Å². The Balaban J connectivity index is 2.50. The van der Waals surface area contributed by atoms with Crippen LogP contribution in [0.3, 0.4) is 0 Å². The number of anilines is 1. The molecule has 1 aliphatic rings. The van der Waals surface area contributed by atoms with E-state index in [0.29, 0.717) is 36.3 Å². The summed E-state index contributed by atoms with van der Waals surface area (Å²) < 4.78 is 38.5. The molecule has 1 aromatic rings. The third-order valence-electron chi connectivity index (χ3n) is 3.51. The SMILES string of the molecule is CCC1COCCN1S(=O)(=O)c1cc(N)c(Br)cc1OC. The van der Waals surface area contributed by atoms with Gasteiger partial charge in [-0.15, -0.1) is 0 Å². The van der Waals surface area contributed by atoms with Crippen LogP contribution in [0.4, 0.5) is 5.69 Å². The summed E-state index contributed by atoms with van der Waals surface area (Å²) in [5.41, 5.74) is 6.18. The number of benzene rings is 1. The second-order valence-corrected chi connectivity index (χ2v) is 7.49. The van der Waals surface area contributed by atoms with Crippen molar-refractivity contribution in [3.8, 4) is 5.75 Å². The fraction of sp³-hybridized carbons (Fsp3) is 0.538. The van der Waals surface area contributed by atoms with Crippen LogP contribution in [0.2, 0.25) is 0 Å². The van der Waals surface area contributed by atoms with E-state index >= 15 is 0 Å². The highest BCUT2D eigenvalue weighted by Gasteiger charge is 2.35. The molecular weight excluding hydrogens is 360 g/mol. The molecular formula is C13H19BrN2O4S. The van der Waals surface area contributed by atoms with Crippen molar-refractivity contribution in [1.82, 2.24) is 4.31 Å². The molecule has 0 radical (unpaired) electrons. The van der Waals surface area contributed by atoms with Crippen LogP contribution in [0.5, 0.6) is 5.75 Å². The van der Waals surface area contributed by atoms with Gasteiger partial charge in [0, 0.05) is 22.7 Å². The highest BCUT2D eigenvalue weighted by Crippen LogP contribution is 2.35. The lowest BCUT2D eigenvalue weighted by atomic mass is 10.2. The van der Waals surface area contributed by atoms with Gasteiger partial charge in [-0.25, -0.2) is 8.42 Å². The molecule has 1 aliphatic heterocycles. The van der Waals surface area contributed by atoms with Crippen molar-refractivity contribution < 1.29 is 17.9 Å². The first-order valence-corrected chi connectivity index (χ1v) is 8.87. The highest BCUT2D eigenvalue weighted by atomic mass is 79.9. The molecule has 1 fully saturated rings. The minimum absolute atomic E-state index is 0.0889. The highest BCUT2D eigenvalue weighted by molar-refractivity contribution is 9.10. The van der Waals surface area contributed by atoms with Crippen molar-refractivity contribution in [2.45, 2.75) is 24.3 Å². The Morgan fingerprint density at radius 2 is 2.24 bits per heavy atom. The Labute approximate surface area is 133 Å². The van der Waals surface area contributed by atoms with Gasteiger partial charge in [0.25, 0.3) is 0 Å². The van der Waals surface area contributed by atoms with E-state index in [9.17, 15) is 8.42 Å². The van der Waals surface area contributed by atoms with E-state index in [-0.39, 0.29) is 16.7 Å². The van der Waals surface area contributed by atoms with Crippen molar-refractivity contribution in [3.63, 3.8) is 0 Å². The number of halogens is 1. The second kappa shape index (κ2) is 6.51. The number of ether oxygens (including phenoxy) is 2. The summed E-state index contributed by atoms with van der Waals surface area (Å²) in [6, 6.07) is 2.84. The summed E-state index contributed by atoms with van der Waals surface area (Å²) in [5, 5.41) is 0. The van der Waals surface area contributed by atoms with Gasteiger partial charge < -0.3 is 15.2 Å². The summed E-state index contributed by atoms with van der Waals surface area (Å²) >= 11 is 3.28. The van der Waals surface area contributed by atoms with E-state index in [0.717, 1.165) is 0 Å². The molecule has 6 nitrogen and oxygen atoms in total. The standard InChI is InChI=1S/C13H19BrN2O4S/c1-3-9-8-20-5-4-16(9)21(17,18)13-7-11(15)10(14)6-12(13)19-2/h6-7,9H,3-5,8,15H2,1-2H3. The fourth-order valence-electron chi connectivity index (χ4n) is 2.32. The molecule has 0 aliphatic carbocycles. The quantitative estimate of drug-likeness (QED) is 0.808. The van der Waals surface area contributed by atoms with E-state index in [2.05, 4.69) is 15.9 Å². The molecule has 2 rings (SSSR count).